The molecule has 0 spiro atoms. The number of carbonyl (C=O) groups excluding carboxylic acids is 3. The van der Waals surface area contributed by atoms with Crippen LogP contribution in [0.15, 0.2) is 35.6 Å². The van der Waals surface area contributed by atoms with Crippen LogP contribution in [-0.2, 0) is 14.4 Å². The summed E-state index contributed by atoms with van der Waals surface area (Å²) in [7, 11) is 0. The highest BCUT2D eigenvalue weighted by Crippen LogP contribution is 2.51. The lowest BCUT2D eigenvalue weighted by Gasteiger charge is -2.41. The zero-order chi connectivity index (χ0) is 18.6. The summed E-state index contributed by atoms with van der Waals surface area (Å²) in [5.41, 5.74) is 1.17. The molecule has 1 fully saturated rings. The second kappa shape index (κ2) is 5.90. The minimum absolute atomic E-state index is 0.00924. The summed E-state index contributed by atoms with van der Waals surface area (Å²) >= 11 is 0. The SMILES string of the molecule is CC1CC(=O)C(C2C3=C(CC(C)(C)CC3=O)Oc3ccccc32)C(=O)C1. The van der Waals surface area contributed by atoms with Gasteiger partial charge < -0.3 is 4.74 Å². The van der Waals surface area contributed by atoms with E-state index in [1.54, 1.807) is 0 Å². The average Bonchev–Trinajstić information content (AvgIpc) is 2.51. The van der Waals surface area contributed by atoms with Crippen molar-refractivity contribution in [2.45, 2.75) is 52.4 Å². The summed E-state index contributed by atoms with van der Waals surface area (Å²) in [6.45, 7) is 6.03. The second-order valence-electron chi connectivity index (χ2n) is 8.82. The van der Waals surface area contributed by atoms with Crippen molar-refractivity contribution in [3.8, 4) is 5.75 Å². The molecule has 1 aromatic rings. The van der Waals surface area contributed by atoms with Crippen LogP contribution in [0.3, 0.4) is 0 Å². The Balaban J connectivity index is 1.87. The van der Waals surface area contributed by atoms with E-state index in [2.05, 4.69) is 0 Å². The number of ether oxygens (including phenoxy) is 1. The molecule has 0 radical (unpaired) electrons. The van der Waals surface area contributed by atoms with Gasteiger partial charge in [-0.25, -0.2) is 0 Å². The number of Topliss-reactive ketones (excluding diaryl/α,β-unsaturated/α-hetero) is 3. The lowest BCUT2D eigenvalue weighted by atomic mass is 9.64. The third-order valence-electron chi connectivity index (χ3n) is 5.80. The van der Waals surface area contributed by atoms with E-state index in [4.69, 9.17) is 4.74 Å². The van der Waals surface area contributed by atoms with Gasteiger partial charge in [-0.3, -0.25) is 14.4 Å². The van der Waals surface area contributed by atoms with Crippen molar-refractivity contribution in [2.75, 3.05) is 0 Å². The Labute approximate surface area is 153 Å². The molecule has 0 aromatic heterocycles. The van der Waals surface area contributed by atoms with Crippen LogP contribution in [0.5, 0.6) is 5.75 Å². The van der Waals surface area contributed by atoms with Gasteiger partial charge in [0.1, 0.15) is 23.1 Å². The molecule has 0 N–H and O–H groups in total. The molecule has 1 saturated carbocycles. The Morgan fingerprint density at radius 2 is 1.62 bits per heavy atom. The van der Waals surface area contributed by atoms with Gasteiger partial charge in [-0.1, -0.05) is 39.0 Å². The van der Waals surface area contributed by atoms with Crippen molar-refractivity contribution >= 4 is 17.3 Å². The smallest absolute Gasteiger partial charge is 0.163 e. The van der Waals surface area contributed by atoms with Crippen LogP contribution < -0.4 is 4.74 Å². The van der Waals surface area contributed by atoms with Crippen molar-refractivity contribution in [3.05, 3.63) is 41.2 Å². The molecule has 4 heteroatoms. The molecular weight excluding hydrogens is 328 g/mol. The van der Waals surface area contributed by atoms with E-state index in [-0.39, 0.29) is 28.7 Å². The van der Waals surface area contributed by atoms with Crippen LogP contribution in [0.4, 0.5) is 0 Å². The highest BCUT2D eigenvalue weighted by Gasteiger charge is 2.49. The van der Waals surface area contributed by atoms with Crippen molar-refractivity contribution in [3.63, 3.8) is 0 Å². The number of hydrogen-bond acceptors (Lipinski definition) is 4. The maximum absolute atomic E-state index is 13.0. The van der Waals surface area contributed by atoms with Gasteiger partial charge in [-0.05, 0) is 17.4 Å². The number of hydrogen-bond donors (Lipinski definition) is 0. The molecule has 1 aromatic carbocycles. The van der Waals surface area contributed by atoms with Crippen molar-refractivity contribution in [1.82, 2.24) is 0 Å². The van der Waals surface area contributed by atoms with Crippen LogP contribution in [0.25, 0.3) is 0 Å². The lowest BCUT2D eigenvalue weighted by molar-refractivity contribution is -0.137. The molecule has 4 nitrogen and oxygen atoms in total. The summed E-state index contributed by atoms with van der Waals surface area (Å²) in [6.07, 6.45) is 1.86. The number of rotatable bonds is 1. The molecule has 0 bridgehead atoms. The number of benzene rings is 1. The van der Waals surface area contributed by atoms with Gasteiger partial charge >= 0.3 is 0 Å². The van der Waals surface area contributed by atoms with E-state index < -0.39 is 11.8 Å². The average molecular weight is 352 g/mol. The van der Waals surface area contributed by atoms with E-state index in [1.165, 1.54) is 0 Å². The van der Waals surface area contributed by atoms with Crippen LogP contribution in [0, 0.1) is 17.3 Å². The molecule has 4 rings (SSSR count). The largest absolute Gasteiger partial charge is 0.461 e. The minimum atomic E-state index is -0.758. The predicted octanol–water partition coefficient (Wildman–Crippen LogP) is 3.99. The maximum Gasteiger partial charge on any atom is 0.163 e. The molecular formula is C22H24O4. The van der Waals surface area contributed by atoms with Gasteiger partial charge in [0, 0.05) is 42.7 Å². The van der Waals surface area contributed by atoms with Gasteiger partial charge in [0.2, 0.25) is 0 Å². The van der Waals surface area contributed by atoms with Crippen molar-refractivity contribution in [2.24, 2.45) is 17.3 Å². The molecule has 1 aliphatic heterocycles. The summed E-state index contributed by atoms with van der Waals surface area (Å²) < 4.78 is 6.09. The predicted molar refractivity (Wildman–Crippen MR) is 96.8 cm³/mol. The fourth-order valence-corrected chi connectivity index (χ4v) is 4.74. The topological polar surface area (TPSA) is 60.4 Å². The first-order chi connectivity index (χ1) is 12.3. The van der Waals surface area contributed by atoms with Gasteiger partial charge in [0.25, 0.3) is 0 Å². The Morgan fingerprint density at radius 3 is 2.31 bits per heavy atom. The molecule has 2 aliphatic carbocycles. The number of para-hydroxylation sites is 1. The van der Waals surface area contributed by atoms with E-state index in [9.17, 15) is 14.4 Å². The van der Waals surface area contributed by atoms with E-state index >= 15 is 0 Å². The monoisotopic (exact) mass is 352 g/mol. The first-order valence-electron chi connectivity index (χ1n) is 9.35. The number of ketones is 3. The van der Waals surface area contributed by atoms with Gasteiger partial charge in [-0.2, -0.15) is 0 Å². The normalized spacial score (nSPS) is 30.6. The second-order valence-corrected chi connectivity index (χ2v) is 8.82. The highest BCUT2D eigenvalue weighted by atomic mass is 16.5. The van der Waals surface area contributed by atoms with Gasteiger partial charge in [0.05, 0.1) is 5.92 Å². The zero-order valence-electron chi connectivity index (χ0n) is 15.5. The minimum Gasteiger partial charge on any atom is -0.461 e. The third kappa shape index (κ3) is 2.72. The van der Waals surface area contributed by atoms with Crippen LogP contribution in [0.1, 0.15) is 57.9 Å². The maximum atomic E-state index is 13.0. The van der Waals surface area contributed by atoms with Crippen LogP contribution in [0.2, 0.25) is 0 Å². The number of carbonyl (C=O) groups is 3. The Morgan fingerprint density at radius 1 is 0.962 bits per heavy atom. The fourth-order valence-electron chi connectivity index (χ4n) is 4.74. The molecule has 1 atom stereocenters. The molecule has 3 aliphatic rings. The number of allylic oxidation sites excluding steroid dienone is 2. The van der Waals surface area contributed by atoms with E-state index in [0.717, 1.165) is 5.56 Å². The molecule has 0 saturated heterocycles. The first kappa shape index (κ1) is 17.2. The van der Waals surface area contributed by atoms with Crippen molar-refractivity contribution < 1.29 is 19.1 Å². The zero-order valence-corrected chi connectivity index (χ0v) is 15.5. The quantitative estimate of drug-likeness (QED) is 0.717. The molecule has 1 heterocycles. The summed E-state index contributed by atoms with van der Waals surface area (Å²) in [4.78, 5) is 38.7. The van der Waals surface area contributed by atoms with Crippen LogP contribution >= 0.6 is 0 Å². The summed E-state index contributed by atoms with van der Waals surface area (Å²) in [6, 6.07) is 7.50. The summed E-state index contributed by atoms with van der Waals surface area (Å²) in [5.74, 6) is 0.0678. The molecule has 136 valence electrons. The Hall–Kier alpha value is -2.23. The van der Waals surface area contributed by atoms with E-state index in [0.29, 0.717) is 42.8 Å². The number of fused-ring (bicyclic) bond motifs is 1. The molecule has 26 heavy (non-hydrogen) atoms. The van der Waals surface area contributed by atoms with Crippen LogP contribution in [-0.4, -0.2) is 17.3 Å². The molecule has 0 amide bonds. The standard InChI is InChI=1S/C22H24O4/c1-12-8-14(23)20(15(24)9-12)19-13-6-4-5-7-17(13)26-18-11-22(2,3)10-16(25)21(18)19/h4-7,12,19-20H,8-11H2,1-3H3. The van der Waals surface area contributed by atoms with Crippen molar-refractivity contribution in [1.29, 1.82) is 0 Å². The third-order valence-corrected chi connectivity index (χ3v) is 5.80. The fraction of sp³-hybridized carbons (Fsp3) is 0.500. The van der Waals surface area contributed by atoms with Gasteiger partial charge in [0.15, 0.2) is 5.78 Å². The first-order valence-corrected chi connectivity index (χ1v) is 9.35. The Kier molecular flexibility index (Phi) is 3.90. The molecule has 1 unspecified atom stereocenters. The summed E-state index contributed by atoms with van der Waals surface area (Å²) in [5, 5.41) is 0. The van der Waals surface area contributed by atoms with E-state index in [1.807, 2.05) is 45.0 Å². The lowest BCUT2D eigenvalue weighted by Crippen LogP contribution is -2.42. The van der Waals surface area contributed by atoms with Gasteiger partial charge in [-0.15, -0.1) is 0 Å². The highest BCUT2D eigenvalue weighted by molar-refractivity contribution is 6.09. The Bertz CT molecular complexity index is 827.